The second kappa shape index (κ2) is 8.55. The summed E-state index contributed by atoms with van der Waals surface area (Å²) < 4.78 is 0. The van der Waals surface area contributed by atoms with Gasteiger partial charge in [0.05, 0.1) is 11.3 Å². The van der Waals surface area contributed by atoms with E-state index < -0.39 is 52.0 Å². The molecule has 192 valence electrons. The summed E-state index contributed by atoms with van der Waals surface area (Å²) in [6.07, 6.45) is 2.17. The molecule has 1 aromatic carbocycles. The van der Waals surface area contributed by atoms with Crippen molar-refractivity contribution in [3.8, 4) is 17.0 Å². The van der Waals surface area contributed by atoms with Gasteiger partial charge in [-0.05, 0) is 60.4 Å². The Morgan fingerprint density at radius 2 is 1.92 bits per heavy atom. The number of amides is 1. The van der Waals surface area contributed by atoms with Crippen LogP contribution in [0.5, 0.6) is 5.75 Å². The number of carbonyl (C=O) groups is 3. The highest BCUT2D eigenvalue weighted by atomic mass is 16.3. The largest absolute Gasteiger partial charge is 0.511 e. The molecule has 1 aromatic heterocycles. The van der Waals surface area contributed by atoms with E-state index in [-0.39, 0.29) is 42.1 Å². The van der Waals surface area contributed by atoms with Gasteiger partial charge >= 0.3 is 0 Å². The molecule has 0 saturated carbocycles. The van der Waals surface area contributed by atoms with Crippen LogP contribution in [0.4, 0.5) is 0 Å². The molecule has 9 nitrogen and oxygen atoms in total. The Hall–Kier alpha value is -3.98. The maximum Gasteiger partial charge on any atom is 0.255 e. The lowest BCUT2D eigenvalue weighted by Gasteiger charge is -2.45. The molecule has 3 aliphatic carbocycles. The highest BCUT2D eigenvalue weighted by molar-refractivity contribution is 6.24. The maximum absolute atomic E-state index is 13.9. The summed E-state index contributed by atoms with van der Waals surface area (Å²) in [7, 11) is 0. The molecule has 9 heteroatoms. The number of primary amides is 1. The molecule has 37 heavy (non-hydrogen) atoms. The van der Waals surface area contributed by atoms with E-state index in [4.69, 9.17) is 5.73 Å². The van der Waals surface area contributed by atoms with Gasteiger partial charge in [-0.2, -0.15) is 0 Å². The molecule has 3 aliphatic rings. The Morgan fingerprint density at radius 3 is 2.54 bits per heavy atom. The van der Waals surface area contributed by atoms with Crippen LogP contribution in [0.3, 0.4) is 0 Å². The molecule has 0 unspecified atom stereocenters. The molecule has 1 amide bonds. The number of Topliss-reactive ketones (excluding diaryl/α,β-unsaturated/α-hetero) is 2. The van der Waals surface area contributed by atoms with Crippen molar-refractivity contribution in [1.29, 1.82) is 0 Å². The average Bonchev–Trinajstić information content (AvgIpc) is 2.83. The number of nitrogens with two attached hydrogens (primary N) is 1. The number of nitrogens with zero attached hydrogens (tertiary/aromatic N) is 1. The summed E-state index contributed by atoms with van der Waals surface area (Å²) in [5.41, 5.74) is 4.16. The van der Waals surface area contributed by atoms with E-state index >= 15 is 0 Å². The number of aromatic nitrogens is 1. The second-order valence-electron chi connectivity index (χ2n) is 10.5. The number of aliphatic hydroxyl groups is 3. The SMILES string of the molecule is CC(C)Cc1cc(-c2ccccn2)c2c(c1O)C(=O)C1=C(O)[C@]3(O)C(=O)C(C(N)=O)=C(O)C[C@@H]3C[C@@H]1C2. The van der Waals surface area contributed by atoms with Crippen LogP contribution < -0.4 is 5.73 Å². The number of carbonyl (C=O) groups excluding carboxylic acids is 3. The number of aliphatic hydroxyl groups excluding tert-OH is 2. The van der Waals surface area contributed by atoms with Crippen molar-refractivity contribution >= 4 is 17.5 Å². The number of hydrogen-bond donors (Lipinski definition) is 5. The zero-order chi connectivity index (χ0) is 26.8. The van der Waals surface area contributed by atoms with Crippen LogP contribution in [0.15, 0.2) is 53.1 Å². The minimum absolute atomic E-state index is 0.00965. The summed E-state index contributed by atoms with van der Waals surface area (Å²) in [6.45, 7) is 3.96. The Bertz CT molecular complexity index is 1420. The summed E-state index contributed by atoms with van der Waals surface area (Å²) in [4.78, 5) is 43.3. The van der Waals surface area contributed by atoms with Gasteiger partial charge in [0.1, 0.15) is 22.8 Å². The van der Waals surface area contributed by atoms with Crippen LogP contribution in [0, 0.1) is 17.8 Å². The number of rotatable bonds is 4. The molecule has 0 radical (unpaired) electrons. The number of hydrogen-bond acceptors (Lipinski definition) is 8. The van der Waals surface area contributed by atoms with Crippen LogP contribution in [0.25, 0.3) is 11.3 Å². The number of phenolic OH excluding ortho intramolecular Hbond substituents is 1. The summed E-state index contributed by atoms with van der Waals surface area (Å²) in [6, 6.07) is 7.26. The third-order valence-electron chi connectivity index (χ3n) is 7.71. The number of phenols is 1. The van der Waals surface area contributed by atoms with Crippen molar-refractivity contribution in [3.05, 3.63) is 69.8 Å². The standard InChI is InChI=1S/C28H28N2O7/c1-12(2)7-14-10-16(18-5-3-4-6-30-18)17-9-13-8-15-11-19(31)22(27(29)36)26(35)28(15,37)25(34)20(13)24(33)21(17)23(14)32/h3-6,10,12-13,15,31-32,34,37H,7-9,11H2,1-2H3,(H2,29,36)/t13-,15+,28+/m1/s1. The minimum atomic E-state index is -2.58. The number of aromatic hydroxyl groups is 1. The van der Waals surface area contributed by atoms with Gasteiger partial charge in [0.15, 0.2) is 11.4 Å². The fourth-order valence-electron chi connectivity index (χ4n) is 6.09. The number of ketones is 2. The maximum atomic E-state index is 13.9. The van der Waals surface area contributed by atoms with Gasteiger partial charge in [0, 0.05) is 29.7 Å². The van der Waals surface area contributed by atoms with Gasteiger partial charge in [-0.3, -0.25) is 19.4 Å². The van der Waals surface area contributed by atoms with E-state index in [2.05, 4.69) is 4.98 Å². The summed E-state index contributed by atoms with van der Waals surface area (Å²) >= 11 is 0. The van der Waals surface area contributed by atoms with Crippen LogP contribution in [0.1, 0.15) is 48.2 Å². The number of benzene rings is 1. The number of allylic oxidation sites excluding steroid dienone is 2. The molecule has 0 fully saturated rings. The Morgan fingerprint density at radius 1 is 1.19 bits per heavy atom. The lowest BCUT2D eigenvalue weighted by atomic mass is 9.60. The summed E-state index contributed by atoms with van der Waals surface area (Å²) in [5, 5.41) is 44.2. The molecule has 6 N–H and O–H groups in total. The van der Waals surface area contributed by atoms with Crippen LogP contribution in [-0.2, 0) is 22.4 Å². The van der Waals surface area contributed by atoms with E-state index in [0.29, 0.717) is 28.8 Å². The minimum Gasteiger partial charge on any atom is -0.511 e. The van der Waals surface area contributed by atoms with Crippen LogP contribution in [0.2, 0.25) is 0 Å². The quantitative estimate of drug-likeness (QED) is 0.396. The molecule has 5 rings (SSSR count). The molecule has 2 aromatic rings. The van der Waals surface area contributed by atoms with Gasteiger partial charge in [-0.25, -0.2) is 0 Å². The monoisotopic (exact) mass is 504 g/mol. The second-order valence-corrected chi connectivity index (χ2v) is 10.5. The number of pyridine rings is 1. The highest BCUT2D eigenvalue weighted by Gasteiger charge is 2.59. The average molecular weight is 505 g/mol. The zero-order valence-corrected chi connectivity index (χ0v) is 20.5. The zero-order valence-electron chi connectivity index (χ0n) is 20.5. The van der Waals surface area contributed by atoms with E-state index in [9.17, 15) is 34.8 Å². The van der Waals surface area contributed by atoms with Gasteiger partial charge in [-0.15, -0.1) is 0 Å². The molecule has 1 heterocycles. The number of fused-ring (bicyclic) bond motifs is 3. The van der Waals surface area contributed by atoms with Crippen LogP contribution in [-0.4, -0.2) is 48.5 Å². The third kappa shape index (κ3) is 3.56. The first-order valence-electron chi connectivity index (χ1n) is 12.2. The van der Waals surface area contributed by atoms with Gasteiger partial charge in [0.2, 0.25) is 5.78 Å². The Labute approximate surface area is 213 Å². The molecular formula is C28H28N2O7. The Kier molecular flexibility index (Phi) is 5.71. The van der Waals surface area contributed by atoms with E-state index in [1.54, 1.807) is 12.3 Å². The van der Waals surface area contributed by atoms with Gasteiger partial charge < -0.3 is 26.2 Å². The van der Waals surface area contributed by atoms with Crippen molar-refractivity contribution < 1.29 is 34.8 Å². The Balaban J connectivity index is 1.73. The fraction of sp³-hybridized carbons (Fsp3) is 0.357. The normalized spacial score (nSPS) is 25.2. The summed E-state index contributed by atoms with van der Waals surface area (Å²) in [5.74, 6) is -6.16. The van der Waals surface area contributed by atoms with Crippen molar-refractivity contribution in [2.75, 3.05) is 0 Å². The predicted octanol–water partition coefficient (Wildman–Crippen LogP) is 2.84. The van der Waals surface area contributed by atoms with Crippen LogP contribution >= 0.6 is 0 Å². The van der Waals surface area contributed by atoms with E-state index in [1.807, 2.05) is 32.0 Å². The lowest BCUT2D eigenvalue weighted by molar-refractivity contribution is -0.144. The fourth-order valence-corrected chi connectivity index (χ4v) is 6.09. The smallest absolute Gasteiger partial charge is 0.255 e. The molecule has 0 bridgehead atoms. The topological polar surface area (TPSA) is 171 Å². The van der Waals surface area contributed by atoms with Crippen molar-refractivity contribution in [3.63, 3.8) is 0 Å². The van der Waals surface area contributed by atoms with Gasteiger partial charge in [0.25, 0.3) is 5.91 Å². The molecule has 0 spiro atoms. The molecule has 3 atom stereocenters. The predicted molar refractivity (Wildman–Crippen MR) is 133 cm³/mol. The molecule has 0 saturated heterocycles. The van der Waals surface area contributed by atoms with Crippen molar-refractivity contribution in [2.24, 2.45) is 23.5 Å². The highest BCUT2D eigenvalue weighted by Crippen LogP contribution is 2.52. The van der Waals surface area contributed by atoms with E-state index in [1.165, 1.54) is 0 Å². The molecule has 0 aliphatic heterocycles. The van der Waals surface area contributed by atoms with Gasteiger partial charge in [-0.1, -0.05) is 19.9 Å². The first-order valence-corrected chi connectivity index (χ1v) is 12.2. The molecular weight excluding hydrogens is 476 g/mol. The van der Waals surface area contributed by atoms with Crippen molar-refractivity contribution in [2.45, 2.75) is 45.1 Å². The van der Waals surface area contributed by atoms with Crippen molar-refractivity contribution in [1.82, 2.24) is 4.98 Å². The third-order valence-corrected chi connectivity index (χ3v) is 7.71. The van der Waals surface area contributed by atoms with E-state index in [0.717, 1.165) is 0 Å². The lowest BCUT2D eigenvalue weighted by Crippen LogP contribution is -2.57. The first-order chi connectivity index (χ1) is 17.5. The first kappa shape index (κ1) is 24.7.